The summed E-state index contributed by atoms with van der Waals surface area (Å²) in [6.07, 6.45) is 13.2. The Morgan fingerprint density at radius 3 is 1.85 bits per heavy atom. The van der Waals surface area contributed by atoms with Crippen LogP contribution in [0, 0.1) is 0 Å². The second kappa shape index (κ2) is 13.4. The number of aliphatic carboxylic acids is 1. The molecule has 0 saturated heterocycles. The molecule has 1 aromatic rings. The monoisotopic (exact) mass is 361 g/mol. The third-order valence-corrected chi connectivity index (χ3v) is 4.78. The average Bonchev–Trinajstić information content (AvgIpc) is 2.60. The van der Waals surface area contributed by atoms with Crippen LogP contribution in [0.25, 0.3) is 0 Å². The van der Waals surface area contributed by atoms with E-state index in [1.807, 2.05) is 0 Å². The third kappa shape index (κ3) is 9.59. The molecule has 0 aromatic heterocycles. The van der Waals surface area contributed by atoms with Crippen LogP contribution in [-0.2, 0) is 9.59 Å². The lowest BCUT2D eigenvalue weighted by Gasteiger charge is -2.13. The van der Waals surface area contributed by atoms with E-state index in [4.69, 9.17) is 0 Å². The van der Waals surface area contributed by atoms with Gasteiger partial charge < -0.3 is 10.4 Å². The van der Waals surface area contributed by atoms with E-state index < -0.39 is 11.9 Å². The zero-order valence-electron chi connectivity index (χ0n) is 16.4. The molecule has 0 bridgehead atoms. The summed E-state index contributed by atoms with van der Waals surface area (Å²) in [5.41, 5.74) is 1.51. The summed E-state index contributed by atoms with van der Waals surface area (Å²) < 4.78 is 0. The van der Waals surface area contributed by atoms with E-state index in [1.54, 1.807) is 24.3 Å². The van der Waals surface area contributed by atoms with Gasteiger partial charge >= 0.3 is 5.97 Å². The van der Waals surface area contributed by atoms with Crippen molar-refractivity contribution in [3.05, 3.63) is 29.8 Å². The fourth-order valence-electron chi connectivity index (χ4n) is 3.27. The lowest BCUT2D eigenvalue weighted by atomic mass is 9.92. The molecular formula is C22H35NO3. The van der Waals surface area contributed by atoms with Gasteiger partial charge in [0, 0.05) is 12.6 Å². The van der Waals surface area contributed by atoms with Crippen molar-refractivity contribution in [1.29, 1.82) is 0 Å². The summed E-state index contributed by atoms with van der Waals surface area (Å²) in [6.45, 7) is 3.70. The van der Waals surface area contributed by atoms with Crippen LogP contribution in [0.15, 0.2) is 24.3 Å². The molecule has 0 aliphatic rings. The number of hydrogen-bond donors (Lipinski definition) is 2. The zero-order valence-corrected chi connectivity index (χ0v) is 16.4. The van der Waals surface area contributed by atoms with Gasteiger partial charge in [-0.1, -0.05) is 83.3 Å². The van der Waals surface area contributed by atoms with E-state index in [9.17, 15) is 14.7 Å². The van der Waals surface area contributed by atoms with Crippen LogP contribution in [0.2, 0.25) is 0 Å². The molecule has 0 spiro atoms. The van der Waals surface area contributed by atoms with E-state index in [0.29, 0.717) is 12.1 Å². The van der Waals surface area contributed by atoms with Crippen molar-refractivity contribution < 1.29 is 14.7 Å². The van der Waals surface area contributed by atoms with Crippen LogP contribution in [0.3, 0.4) is 0 Å². The highest BCUT2D eigenvalue weighted by molar-refractivity contribution is 5.88. The lowest BCUT2D eigenvalue weighted by molar-refractivity contribution is -0.139. The van der Waals surface area contributed by atoms with Gasteiger partial charge in [0.1, 0.15) is 0 Å². The number of hydrogen-bond acceptors (Lipinski definition) is 2. The van der Waals surface area contributed by atoms with E-state index in [2.05, 4.69) is 12.2 Å². The molecule has 1 aromatic carbocycles. The first kappa shape index (κ1) is 22.2. The predicted octanol–water partition coefficient (Wildman–Crippen LogP) is 6.12. The Hall–Kier alpha value is -1.84. The van der Waals surface area contributed by atoms with Gasteiger partial charge in [-0.25, -0.2) is 0 Å². The second-order valence-corrected chi connectivity index (χ2v) is 7.16. The molecule has 1 unspecified atom stereocenters. The van der Waals surface area contributed by atoms with Gasteiger partial charge in [-0.15, -0.1) is 0 Å². The van der Waals surface area contributed by atoms with Crippen molar-refractivity contribution in [2.24, 2.45) is 0 Å². The molecular weight excluding hydrogens is 326 g/mol. The Balaban J connectivity index is 2.27. The van der Waals surface area contributed by atoms with E-state index in [0.717, 1.165) is 18.4 Å². The van der Waals surface area contributed by atoms with Gasteiger partial charge in [0.25, 0.3) is 0 Å². The third-order valence-electron chi connectivity index (χ3n) is 4.78. The van der Waals surface area contributed by atoms with Crippen molar-refractivity contribution in [2.45, 2.75) is 90.4 Å². The number of carbonyl (C=O) groups excluding carboxylic acids is 1. The molecule has 0 radical (unpaired) electrons. The summed E-state index contributed by atoms with van der Waals surface area (Å²) in [6, 6.07) is 7.15. The first-order valence-electron chi connectivity index (χ1n) is 10.1. The number of benzene rings is 1. The largest absolute Gasteiger partial charge is 0.481 e. The smallest absolute Gasteiger partial charge is 0.310 e. The van der Waals surface area contributed by atoms with Crippen molar-refractivity contribution in [1.82, 2.24) is 0 Å². The average molecular weight is 362 g/mol. The van der Waals surface area contributed by atoms with Gasteiger partial charge in [0.05, 0.1) is 5.92 Å². The summed E-state index contributed by atoms with van der Waals surface area (Å²) in [7, 11) is 0. The molecule has 1 atom stereocenters. The summed E-state index contributed by atoms with van der Waals surface area (Å²) in [5, 5.41) is 12.2. The van der Waals surface area contributed by atoms with Gasteiger partial charge in [0.15, 0.2) is 0 Å². The van der Waals surface area contributed by atoms with Crippen molar-refractivity contribution in [3.63, 3.8) is 0 Å². The minimum Gasteiger partial charge on any atom is -0.481 e. The van der Waals surface area contributed by atoms with Gasteiger partial charge in [-0.2, -0.15) is 0 Å². The van der Waals surface area contributed by atoms with Crippen LogP contribution >= 0.6 is 0 Å². The van der Waals surface area contributed by atoms with E-state index in [-0.39, 0.29) is 5.91 Å². The molecule has 26 heavy (non-hydrogen) atoms. The molecule has 4 nitrogen and oxygen atoms in total. The summed E-state index contributed by atoms with van der Waals surface area (Å²) in [4.78, 5) is 22.6. The fraction of sp³-hybridized carbons (Fsp3) is 0.636. The van der Waals surface area contributed by atoms with E-state index in [1.165, 1.54) is 58.3 Å². The molecule has 0 aliphatic carbocycles. The number of carbonyl (C=O) groups is 2. The quantitative estimate of drug-likeness (QED) is 0.392. The molecule has 1 rings (SSSR count). The van der Waals surface area contributed by atoms with Gasteiger partial charge in [-0.05, 0) is 24.1 Å². The van der Waals surface area contributed by atoms with Crippen LogP contribution < -0.4 is 5.32 Å². The van der Waals surface area contributed by atoms with Gasteiger partial charge in [0.2, 0.25) is 5.91 Å². The highest BCUT2D eigenvalue weighted by atomic mass is 16.4. The SMILES string of the molecule is CCCCCCCCCCCCC(C(=O)O)c1ccc(NC(C)=O)cc1. The number of amides is 1. The predicted molar refractivity (Wildman–Crippen MR) is 108 cm³/mol. The minimum atomic E-state index is -0.770. The summed E-state index contributed by atoms with van der Waals surface area (Å²) in [5.74, 6) is -1.36. The topological polar surface area (TPSA) is 66.4 Å². The maximum absolute atomic E-state index is 11.6. The molecule has 2 N–H and O–H groups in total. The molecule has 4 heteroatoms. The van der Waals surface area contributed by atoms with Crippen LogP contribution in [0.4, 0.5) is 5.69 Å². The standard InChI is InChI=1S/C22H35NO3/c1-3-4-5-6-7-8-9-10-11-12-13-21(22(25)26)19-14-16-20(17-15-19)23-18(2)24/h14-17,21H,3-13H2,1-2H3,(H,23,24)(H,25,26). The number of carboxylic acids is 1. The molecule has 0 fully saturated rings. The minimum absolute atomic E-state index is 0.127. The first-order chi connectivity index (χ1) is 12.5. The highest BCUT2D eigenvalue weighted by Gasteiger charge is 2.19. The van der Waals surface area contributed by atoms with Crippen LogP contribution in [0.5, 0.6) is 0 Å². The molecule has 0 heterocycles. The Morgan fingerprint density at radius 2 is 1.38 bits per heavy atom. The fourth-order valence-corrected chi connectivity index (χ4v) is 3.27. The molecule has 1 amide bonds. The van der Waals surface area contributed by atoms with Crippen molar-refractivity contribution >= 4 is 17.6 Å². The van der Waals surface area contributed by atoms with E-state index >= 15 is 0 Å². The molecule has 0 aliphatic heterocycles. The number of anilines is 1. The van der Waals surface area contributed by atoms with Crippen molar-refractivity contribution in [3.8, 4) is 0 Å². The van der Waals surface area contributed by atoms with Crippen LogP contribution in [0.1, 0.15) is 96.0 Å². The summed E-state index contributed by atoms with van der Waals surface area (Å²) >= 11 is 0. The number of nitrogens with one attached hydrogen (secondary N) is 1. The number of carboxylic acid groups (broad SMARTS) is 1. The highest BCUT2D eigenvalue weighted by Crippen LogP contribution is 2.25. The number of unbranched alkanes of at least 4 members (excludes halogenated alkanes) is 9. The molecule has 146 valence electrons. The maximum atomic E-state index is 11.6. The normalized spacial score (nSPS) is 11.9. The van der Waals surface area contributed by atoms with Gasteiger partial charge in [-0.3, -0.25) is 9.59 Å². The Morgan fingerprint density at radius 1 is 0.885 bits per heavy atom. The van der Waals surface area contributed by atoms with Crippen LogP contribution in [-0.4, -0.2) is 17.0 Å². The Kier molecular flexibility index (Phi) is 11.4. The second-order valence-electron chi connectivity index (χ2n) is 7.16. The van der Waals surface area contributed by atoms with Crippen molar-refractivity contribution in [2.75, 3.05) is 5.32 Å². The maximum Gasteiger partial charge on any atom is 0.310 e. The Labute approximate surface area is 158 Å². The molecule has 0 saturated carbocycles. The lowest BCUT2D eigenvalue weighted by Crippen LogP contribution is -2.12. The first-order valence-corrected chi connectivity index (χ1v) is 10.1. The Bertz CT molecular complexity index is 525. The zero-order chi connectivity index (χ0) is 19.2. The number of rotatable bonds is 14.